The monoisotopic (exact) mass is 411 g/mol. The number of carboxylic acids is 1. The van der Waals surface area contributed by atoms with Crippen molar-refractivity contribution in [3.8, 4) is 11.5 Å². The number of nitrogens with one attached hydrogen (secondary N) is 1. The van der Waals surface area contributed by atoms with Gasteiger partial charge in [-0.1, -0.05) is 31.2 Å². The van der Waals surface area contributed by atoms with Crippen molar-refractivity contribution < 1.29 is 24.2 Å². The van der Waals surface area contributed by atoms with Gasteiger partial charge in [-0.15, -0.1) is 0 Å². The summed E-state index contributed by atoms with van der Waals surface area (Å²) in [6.07, 6.45) is 7.32. The van der Waals surface area contributed by atoms with Crippen LogP contribution in [-0.2, 0) is 16.1 Å². The standard InChI is InChI=1S/C24H29NO5/c1-2-13-29-25-23(17-28-21-11-5-7-18(14-21)15-24(26)27)19-8-6-12-22(16-19)30-20-9-3-4-10-20/h5-8,11-12,14,16-17,20,25H,2-4,9-10,13,15H2,1H3,(H,26,27). The fourth-order valence-corrected chi connectivity index (χ4v) is 3.35. The highest BCUT2D eigenvalue weighted by molar-refractivity contribution is 5.70. The van der Waals surface area contributed by atoms with Crippen molar-refractivity contribution in [1.29, 1.82) is 0 Å². The van der Waals surface area contributed by atoms with Gasteiger partial charge in [-0.2, -0.15) is 0 Å². The molecule has 160 valence electrons. The smallest absolute Gasteiger partial charge is 0.307 e. The Labute approximate surface area is 177 Å². The molecule has 2 N–H and O–H groups in total. The third-order valence-corrected chi connectivity index (χ3v) is 4.80. The molecule has 2 aromatic rings. The molecule has 1 aliphatic rings. The molecule has 0 amide bonds. The van der Waals surface area contributed by atoms with E-state index in [9.17, 15) is 4.79 Å². The van der Waals surface area contributed by atoms with Crippen LogP contribution in [0, 0.1) is 0 Å². The molecule has 30 heavy (non-hydrogen) atoms. The number of carboxylic acid groups (broad SMARTS) is 1. The van der Waals surface area contributed by atoms with E-state index in [1.807, 2.05) is 31.2 Å². The lowest BCUT2D eigenvalue weighted by atomic mass is 10.1. The Morgan fingerprint density at radius 3 is 2.67 bits per heavy atom. The topological polar surface area (TPSA) is 77.0 Å². The van der Waals surface area contributed by atoms with E-state index < -0.39 is 5.97 Å². The molecule has 2 aromatic carbocycles. The summed E-state index contributed by atoms with van der Waals surface area (Å²) in [7, 11) is 0. The van der Waals surface area contributed by atoms with Gasteiger partial charge in [0.25, 0.3) is 0 Å². The fraction of sp³-hybridized carbons (Fsp3) is 0.375. The van der Waals surface area contributed by atoms with Crippen molar-refractivity contribution in [2.75, 3.05) is 6.61 Å². The van der Waals surface area contributed by atoms with Gasteiger partial charge in [-0.25, -0.2) is 0 Å². The first-order valence-corrected chi connectivity index (χ1v) is 10.5. The van der Waals surface area contributed by atoms with Crippen molar-refractivity contribution in [2.45, 2.75) is 51.6 Å². The lowest BCUT2D eigenvalue weighted by molar-refractivity contribution is -0.136. The molecule has 0 bridgehead atoms. The lowest BCUT2D eigenvalue weighted by Crippen LogP contribution is -2.15. The summed E-state index contributed by atoms with van der Waals surface area (Å²) in [4.78, 5) is 16.5. The number of aliphatic carboxylic acids is 1. The molecule has 6 nitrogen and oxygen atoms in total. The van der Waals surface area contributed by atoms with Gasteiger partial charge in [0.1, 0.15) is 23.5 Å². The Morgan fingerprint density at radius 2 is 1.90 bits per heavy atom. The number of hydrogen-bond donors (Lipinski definition) is 2. The third kappa shape index (κ3) is 6.81. The number of ether oxygens (including phenoxy) is 2. The molecule has 0 saturated heterocycles. The van der Waals surface area contributed by atoms with Crippen LogP contribution in [0.5, 0.6) is 11.5 Å². The normalized spacial score (nSPS) is 14.5. The van der Waals surface area contributed by atoms with Gasteiger partial charge in [0.2, 0.25) is 0 Å². The molecule has 0 heterocycles. The first kappa shape index (κ1) is 21.7. The maximum atomic E-state index is 10.9. The second-order valence-corrected chi connectivity index (χ2v) is 7.37. The zero-order chi connectivity index (χ0) is 21.2. The molecule has 0 aromatic heterocycles. The van der Waals surface area contributed by atoms with E-state index in [2.05, 4.69) is 5.48 Å². The largest absolute Gasteiger partial charge is 0.490 e. The highest BCUT2D eigenvalue weighted by Gasteiger charge is 2.17. The van der Waals surface area contributed by atoms with Crippen molar-refractivity contribution in [1.82, 2.24) is 5.48 Å². The number of rotatable bonds is 11. The SMILES string of the molecule is CCCONC(=COc1cccc(CC(=O)O)c1)c1cccc(OC2CCCC2)c1. The van der Waals surface area contributed by atoms with Crippen LogP contribution in [-0.4, -0.2) is 23.8 Å². The van der Waals surface area contributed by atoms with E-state index >= 15 is 0 Å². The van der Waals surface area contributed by atoms with Crippen LogP contribution in [0.2, 0.25) is 0 Å². The molecule has 1 aliphatic carbocycles. The van der Waals surface area contributed by atoms with E-state index in [1.165, 1.54) is 12.8 Å². The highest BCUT2D eigenvalue weighted by atomic mass is 16.6. The molecule has 1 saturated carbocycles. The lowest BCUT2D eigenvalue weighted by Gasteiger charge is -2.16. The summed E-state index contributed by atoms with van der Waals surface area (Å²) >= 11 is 0. The van der Waals surface area contributed by atoms with Gasteiger partial charge >= 0.3 is 5.97 Å². The second-order valence-electron chi connectivity index (χ2n) is 7.37. The molecule has 0 spiro atoms. The highest BCUT2D eigenvalue weighted by Crippen LogP contribution is 2.26. The van der Waals surface area contributed by atoms with Crippen molar-refractivity contribution in [2.24, 2.45) is 0 Å². The van der Waals surface area contributed by atoms with E-state index in [0.717, 1.165) is 30.6 Å². The summed E-state index contributed by atoms with van der Waals surface area (Å²) in [6, 6.07) is 14.9. The predicted molar refractivity (Wildman–Crippen MR) is 115 cm³/mol. The van der Waals surface area contributed by atoms with E-state index in [0.29, 0.717) is 23.6 Å². The number of carbonyl (C=O) groups is 1. The molecule has 6 heteroatoms. The van der Waals surface area contributed by atoms with E-state index in [-0.39, 0.29) is 12.5 Å². The maximum absolute atomic E-state index is 10.9. The van der Waals surface area contributed by atoms with Crippen molar-refractivity contribution in [3.63, 3.8) is 0 Å². The van der Waals surface area contributed by atoms with Gasteiger partial charge in [0.05, 0.1) is 19.1 Å². The Hall–Kier alpha value is -2.99. The fourth-order valence-electron chi connectivity index (χ4n) is 3.35. The van der Waals surface area contributed by atoms with Crippen LogP contribution in [0.25, 0.3) is 5.70 Å². The van der Waals surface area contributed by atoms with Gasteiger partial charge < -0.3 is 14.6 Å². The Balaban J connectivity index is 1.75. The summed E-state index contributed by atoms with van der Waals surface area (Å²) in [5, 5.41) is 8.98. The minimum Gasteiger partial charge on any atom is -0.490 e. The van der Waals surface area contributed by atoms with Crippen LogP contribution >= 0.6 is 0 Å². The molecular weight excluding hydrogens is 382 g/mol. The zero-order valence-corrected chi connectivity index (χ0v) is 17.3. The van der Waals surface area contributed by atoms with Gasteiger partial charge in [-0.3, -0.25) is 15.1 Å². The minimum absolute atomic E-state index is 0.0494. The number of benzene rings is 2. The summed E-state index contributed by atoms with van der Waals surface area (Å²) in [5.41, 5.74) is 5.17. The number of hydrogen-bond acceptors (Lipinski definition) is 5. The zero-order valence-electron chi connectivity index (χ0n) is 17.3. The minimum atomic E-state index is -0.878. The molecule has 0 unspecified atom stereocenters. The van der Waals surface area contributed by atoms with E-state index in [4.69, 9.17) is 19.4 Å². The van der Waals surface area contributed by atoms with Crippen LogP contribution in [0.15, 0.2) is 54.8 Å². The predicted octanol–water partition coefficient (Wildman–Crippen LogP) is 4.94. The van der Waals surface area contributed by atoms with Crippen LogP contribution in [0.3, 0.4) is 0 Å². The molecular formula is C24H29NO5. The Bertz CT molecular complexity index is 858. The average molecular weight is 411 g/mol. The summed E-state index contributed by atoms with van der Waals surface area (Å²) in [6.45, 7) is 2.59. The van der Waals surface area contributed by atoms with Crippen molar-refractivity contribution >= 4 is 11.7 Å². The van der Waals surface area contributed by atoms with Gasteiger partial charge in [0.15, 0.2) is 0 Å². The van der Waals surface area contributed by atoms with Crippen LogP contribution < -0.4 is 15.0 Å². The molecule has 0 radical (unpaired) electrons. The summed E-state index contributed by atoms with van der Waals surface area (Å²) < 4.78 is 11.9. The first-order chi connectivity index (χ1) is 14.6. The third-order valence-electron chi connectivity index (χ3n) is 4.80. The molecule has 1 fully saturated rings. The van der Waals surface area contributed by atoms with E-state index in [1.54, 1.807) is 30.5 Å². The molecule has 3 rings (SSSR count). The number of hydroxylamine groups is 1. The summed E-state index contributed by atoms with van der Waals surface area (Å²) in [5.74, 6) is 0.505. The van der Waals surface area contributed by atoms with Gasteiger partial charge in [0, 0.05) is 5.56 Å². The maximum Gasteiger partial charge on any atom is 0.307 e. The molecule has 0 atom stereocenters. The second kappa shape index (κ2) is 11.3. The van der Waals surface area contributed by atoms with Gasteiger partial charge in [-0.05, 0) is 61.9 Å². The average Bonchev–Trinajstić information content (AvgIpc) is 3.23. The first-order valence-electron chi connectivity index (χ1n) is 10.5. The Kier molecular flexibility index (Phi) is 8.15. The Morgan fingerprint density at radius 1 is 1.13 bits per heavy atom. The van der Waals surface area contributed by atoms with Crippen molar-refractivity contribution in [3.05, 3.63) is 65.9 Å². The quantitative estimate of drug-likeness (QED) is 0.310. The van der Waals surface area contributed by atoms with Crippen LogP contribution in [0.4, 0.5) is 0 Å². The van der Waals surface area contributed by atoms with Crippen LogP contribution in [0.1, 0.15) is 50.2 Å². The molecule has 0 aliphatic heterocycles.